The molecule has 9 heteroatoms. The van der Waals surface area contributed by atoms with Crippen LogP contribution in [0.4, 0.5) is 0 Å². The molecule has 5 unspecified atom stereocenters. The second kappa shape index (κ2) is 18.7. The van der Waals surface area contributed by atoms with Crippen molar-refractivity contribution in [1.82, 2.24) is 15.1 Å². The number of nitrogens with one attached hydrogen (secondary N) is 1. The van der Waals surface area contributed by atoms with Crippen molar-refractivity contribution >= 4 is 0 Å². The lowest BCUT2D eigenvalue weighted by Gasteiger charge is -2.30. The van der Waals surface area contributed by atoms with Gasteiger partial charge in [-0.25, -0.2) is 0 Å². The Morgan fingerprint density at radius 3 is 1.18 bits per heavy atom. The smallest absolute Gasteiger partial charge is 0.0639 e. The highest BCUT2D eigenvalue weighted by atomic mass is 16.3. The van der Waals surface area contributed by atoms with Gasteiger partial charge >= 0.3 is 0 Å². The molecule has 28 heavy (non-hydrogen) atoms. The predicted molar refractivity (Wildman–Crippen MR) is 113 cm³/mol. The molecule has 0 bridgehead atoms. The molecule has 8 N–H and O–H groups in total. The number of rotatable bonds is 15. The minimum Gasteiger partial charge on any atom is -0.392 e. The van der Waals surface area contributed by atoms with E-state index in [2.05, 4.69) is 5.32 Å². The Balaban J connectivity index is 0. The highest BCUT2D eigenvalue weighted by Gasteiger charge is 2.15. The van der Waals surface area contributed by atoms with Gasteiger partial charge in [-0.1, -0.05) is 0 Å². The fourth-order valence-corrected chi connectivity index (χ4v) is 2.70. The second-order valence-electron chi connectivity index (χ2n) is 7.76. The summed E-state index contributed by atoms with van der Waals surface area (Å²) in [5.74, 6) is 0. The molecule has 0 spiro atoms. The maximum absolute atomic E-state index is 9.47. The van der Waals surface area contributed by atoms with Crippen molar-refractivity contribution in [3.05, 3.63) is 0 Å². The summed E-state index contributed by atoms with van der Waals surface area (Å²) in [6.07, 6.45) is -2.06. The van der Waals surface area contributed by atoms with E-state index in [0.29, 0.717) is 52.4 Å². The third-order valence-electron chi connectivity index (χ3n) is 3.58. The van der Waals surface area contributed by atoms with Crippen LogP contribution in [0.25, 0.3) is 0 Å². The topological polar surface area (TPSA) is 146 Å². The SMILES string of the molecule is CC(O)CN(CCN(CC(C)O)CC(C)O)CC(C)O.CC(O)CNCCN. The van der Waals surface area contributed by atoms with Gasteiger partial charge in [0.05, 0.1) is 30.5 Å². The van der Waals surface area contributed by atoms with Crippen molar-refractivity contribution in [2.45, 2.75) is 65.1 Å². The lowest BCUT2D eigenvalue weighted by Crippen LogP contribution is -2.44. The highest BCUT2D eigenvalue weighted by Crippen LogP contribution is 2.00. The first kappa shape index (κ1) is 29.8. The van der Waals surface area contributed by atoms with Crippen LogP contribution < -0.4 is 11.1 Å². The van der Waals surface area contributed by atoms with E-state index >= 15 is 0 Å². The van der Waals surface area contributed by atoms with Gasteiger partial charge < -0.3 is 36.6 Å². The molecular formula is C19H46N4O5. The molecule has 0 fully saturated rings. The summed E-state index contributed by atoms with van der Waals surface area (Å²) < 4.78 is 0. The van der Waals surface area contributed by atoms with Crippen LogP contribution in [0.5, 0.6) is 0 Å². The number of hydrogen-bond acceptors (Lipinski definition) is 9. The van der Waals surface area contributed by atoms with Crippen molar-refractivity contribution in [3.8, 4) is 0 Å². The van der Waals surface area contributed by atoms with Gasteiger partial charge in [0, 0.05) is 58.9 Å². The Hall–Kier alpha value is -0.360. The molecule has 0 radical (unpaired) electrons. The third kappa shape index (κ3) is 23.7. The van der Waals surface area contributed by atoms with Crippen molar-refractivity contribution < 1.29 is 25.5 Å². The Morgan fingerprint density at radius 2 is 0.964 bits per heavy atom. The maximum atomic E-state index is 9.47. The molecule has 0 amide bonds. The molecular weight excluding hydrogens is 364 g/mol. The minimum atomic E-state index is -0.448. The van der Waals surface area contributed by atoms with Gasteiger partial charge in [-0.2, -0.15) is 0 Å². The molecule has 172 valence electrons. The van der Waals surface area contributed by atoms with Crippen LogP contribution in [-0.4, -0.2) is 125 Å². The van der Waals surface area contributed by atoms with E-state index in [1.165, 1.54) is 0 Å². The molecule has 0 aromatic carbocycles. The molecule has 0 aliphatic carbocycles. The highest BCUT2D eigenvalue weighted by molar-refractivity contribution is 4.70. The zero-order valence-electron chi connectivity index (χ0n) is 18.5. The molecule has 0 heterocycles. The van der Waals surface area contributed by atoms with Crippen LogP contribution in [0.3, 0.4) is 0 Å². The van der Waals surface area contributed by atoms with Crippen molar-refractivity contribution in [2.75, 3.05) is 58.9 Å². The molecule has 0 aromatic rings. The summed E-state index contributed by atoms with van der Waals surface area (Å²) >= 11 is 0. The summed E-state index contributed by atoms with van der Waals surface area (Å²) in [6.45, 7) is 14.0. The van der Waals surface area contributed by atoms with Crippen molar-refractivity contribution in [2.24, 2.45) is 5.73 Å². The average Bonchev–Trinajstić information content (AvgIpc) is 2.50. The van der Waals surface area contributed by atoms with E-state index in [0.717, 1.165) is 6.54 Å². The first-order valence-electron chi connectivity index (χ1n) is 10.2. The number of nitrogens with two attached hydrogens (primary N) is 1. The average molecular weight is 411 g/mol. The second-order valence-corrected chi connectivity index (χ2v) is 7.76. The molecule has 0 aromatic heterocycles. The van der Waals surface area contributed by atoms with Gasteiger partial charge in [0.2, 0.25) is 0 Å². The normalized spacial score (nSPS) is 17.0. The Kier molecular flexibility index (Phi) is 19.9. The van der Waals surface area contributed by atoms with Crippen LogP contribution in [0.2, 0.25) is 0 Å². The van der Waals surface area contributed by atoms with Gasteiger partial charge in [0.1, 0.15) is 0 Å². The van der Waals surface area contributed by atoms with Crippen molar-refractivity contribution in [1.29, 1.82) is 0 Å². The Morgan fingerprint density at radius 1 is 0.643 bits per heavy atom. The quantitative estimate of drug-likeness (QED) is 0.153. The van der Waals surface area contributed by atoms with Gasteiger partial charge in [0.15, 0.2) is 0 Å². The fraction of sp³-hybridized carbons (Fsp3) is 1.00. The summed E-state index contributed by atoms with van der Waals surface area (Å²) in [5.41, 5.74) is 5.17. The monoisotopic (exact) mass is 410 g/mol. The van der Waals surface area contributed by atoms with Crippen LogP contribution >= 0.6 is 0 Å². The predicted octanol–water partition coefficient (Wildman–Crippen LogP) is -1.97. The van der Waals surface area contributed by atoms with Gasteiger partial charge in [-0.15, -0.1) is 0 Å². The van der Waals surface area contributed by atoms with E-state index < -0.39 is 24.4 Å². The lowest BCUT2D eigenvalue weighted by atomic mass is 10.2. The van der Waals surface area contributed by atoms with E-state index in [-0.39, 0.29) is 6.10 Å². The van der Waals surface area contributed by atoms with E-state index in [9.17, 15) is 20.4 Å². The first-order valence-corrected chi connectivity index (χ1v) is 10.2. The number of nitrogens with zero attached hydrogens (tertiary/aromatic N) is 2. The molecule has 0 saturated heterocycles. The van der Waals surface area contributed by atoms with Crippen LogP contribution in [0, 0.1) is 0 Å². The zero-order chi connectivity index (χ0) is 22.1. The summed E-state index contributed by atoms with van der Waals surface area (Å²) in [4.78, 5) is 3.98. The fourth-order valence-electron chi connectivity index (χ4n) is 2.70. The maximum Gasteiger partial charge on any atom is 0.0639 e. The van der Waals surface area contributed by atoms with Gasteiger partial charge in [0.25, 0.3) is 0 Å². The van der Waals surface area contributed by atoms with E-state index in [1.54, 1.807) is 34.6 Å². The Bertz CT molecular complexity index is 287. The first-order chi connectivity index (χ1) is 13.0. The van der Waals surface area contributed by atoms with Gasteiger partial charge in [-0.05, 0) is 34.6 Å². The van der Waals surface area contributed by atoms with Crippen molar-refractivity contribution in [3.63, 3.8) is 0 Å². The minimum absolute atomic E-state index is 0.262. The zero-order valence-corrected chi connectivity index (χ0v) is 18.5. The molecule has 0 saturated carbocycles. The molecule has 9 nitrogen and oxygen atoms in total. The summed E-state index contributed by atoms with van der Waals surface area (Å²) in [7, 11) is 0. The largest absolute Gasteiger partial charge is 0.392 e. The standard InChI is InChI=1S/C14H32N2O4.C5H14N2O/c1-11(17)7-15(8-12(2)18)5-6-16(9-13(3)19)10-14(4)20;1-5(8)4-7-3-2-6/h11-14,17-20H,5-10H2,1-4H3;5,7-8H,2-4,6H2,1H3. The molecule has 0 rings (SSSR count). The van der Waals surface area contributed by atoms with Gasteiger partial charge in [-0.3, -0.25) is 9.80 Å². The number of aliphatic hydroxyl groups is 5. The summed E-state index contributed by atoms with van der Waals surface area (Å²) in [5, 5.41) is 49.5. The molecule has 0 aliphatic rings. The van der Waals surface area contributed by atoms with Crippen LogP contribution in [0.1, 0.15) is 34.6 Å². The molecule has 0 aliphatic heterocycles. The third-order valence-corrected chi connectivity index (χ3v) is 3.58. The van der Waals surface area contributed by atoms with E-state index in [4.69, 9.17) is 10.8 Å². The Labute approximate surface area is 171 Å². The lowest BCUT2D eigenvalue weighted by molar-refractivity contribution is 0.0542. The van der Waals surface area contributed by atoms with E-state index in [1.807, 2.05) is 9.80 Å². The summed E-state index contributed by atoms with van der Waals surface area (Å²) in [6, 6.07) is 0. The number of hydrogen-bond donors (Lipinski definition) is 7. The van der Waals surface area contributed by atoms with Crippen LogP contribution in [0.15, 0.2) is 0 Å². The van der Waals surface area contributed by atoms with Crippen LogP contribution in [-0.2, 0) is 0 Å². The number of aliphatic hydroxyl groups excluding tert-OH is 5. The molecule has 5 atom stereocenters.